The van der Waals surface area contributed by atoms with Crippen LogP contribution < -0.4 is 5.43 Å². The number of hydrogen-bond donors (Lipinski definition) is 1. The van der Waals surface area contributed by atoms with Crippen molar-refractivity contribution >= 4 is 16.7 Å². The van der Waals surface area contributed by atoms with Crippen LogP contribution in [0, 0.1) is 0 Å². The van der Waals surface area contributed by atoms with Crippen LogP contribution in [0.25, 0.3) is 39.1 Å². The first-order valence-electron chi connectivity index (χ1n) is 8.30. The van der Waals surface area contributed by atoms with E-state index >= 15 is 0 Å². The molecular weight excluding hydrogens is 324 g/mol. The van der Waals surface area contributed by atoms with Crippen molar-refractivity contribution in [3.05, 3.63) is 89.6 Å². The van der Waals surface area contributed by atoms with Crippen molar-refractivity contribution in [3.8, 4) is 22.4 Å². The van der Waals surface area contributed by atoms with Crippen LogP contribution in [0.2, 0.25) is 0 Å². The van der Waals surface area contributed by atoms with Crippen molar-refractivity contribution in [1.29, 1.82) is 0 Å². The Morgan fingerprint density at radius 2 is 1.85 bits per heavy atom. The lowest BCUT2D eigenvalue weighted by Gasteiger charge is -2.11. The fraction of sp³-hybridized carbons (Fsp3) is 0. The van der Waals surface area contributed by atoms with Gasteiger partial charge in [0.1, 0.15) is 11.3 Å². The molecule has 0 saturated carbocycles. The maximum Gasteiger partial charge on any atom is 0.191 e. The molecule has 5 rings (SSSR count). The van der Waals surface area contributed by atoms with Gasteiger partial charge in [-0.25, -0.2) is 9.97 Å². The number of H-pyrrole nitrogens is 1. The number of aromatic nitrogens is 4. The molecule has 5 heteroatoms. The Morgan fingerprint density at radius 3 is 2.73 bits per heavy atom. The van der Waals surface area contributed by atoms with Crippen LogP contribution >= 0.6 is 0 Å². The summed E-state index contributed by atoms with van der Waals surface area (Å²) in [6, 6.07) is 17.4. The third-order valence-corrected chi connectivity index (χ3v) is 4.49. The number of imidazole rings is 1. The summed E-state index contributed by atoms with van der Waals surface area (Å²) in [5, 5.41) is 0.577. The second kappa shape index (κ2) is 5.67. The molecule has 5 nitrogen and oxygen atoms in total. The van der Waals surface area contributed by atoms with Crippen molar-refractivity contribution in [2.75, 3.05) is 0 Å². The Morgan fingerprint density at radius 1 is 0.962 bits per heavy atom. The molecule has 26 heavy (non-hydrogen) atoms. The molecule has 5 aromatic rings. The van der Waals surface area contributed by atoms with Gasteiger partial charge in [-0.15, -0.1) is 0 Å². The van der Waals surface area contributed by atoms with Crippen LogP contribution in [-0.2, 0) is 0 Å². The molecule has 0 bridgehead atoms. The van der Waals surface area contributed by atoms with Crippen molar-refractivity contribution in [2.24, 2.45) is 0 Å². The number of rotatable bonds is 2. The average Bonchev–Trinajstić information content (AvgIpc) is 3.16. The molecule has 4 aromatic heterocycles. The minimum Gasteiger partial charge on any atom is -0.346 e. The zero-order chi connectivity index (χ0) is 17.5. The first-order chi connectivity index (χ1) is 12.8. The highest BCUT2D eigenvalue weighted by molar-refractivity contribution is 5.90. The summed E-state index contributed by atoms with van der Waals surface area (Å²) in [6.07, 6.45) is 7.31. The molecule has 0 aliphatic heterocycles. The van der Waals surface area contributed by atoms with Gasteiger partial charge >= 0.3 is 0 Å². The second-order valence-electron chi connectivity index (χ2n) is 6.10. The molecule has 0 atom stereocenters. The molecule has 0 spiro atoms. The predicted octanol–water partition coefficient (Wildman–Crippen LogP) is 3.90. The highest BCUT2D eigenvalue weighted by atomic mass is 16.1. The van der Waals surface area contributed by atoms with E-state index in [1.165, 1.54) is 6.07 Å². The summed E-state index contributed by atoms with van der Waals surface area (Å²) in [6.45, 7) is 0. The smallest absolute Gasteiger partial charge is 0.191 e. The van der Waals surface area contributed by atoms with Crippen molar-refractivity contribution < 1.29 is 0 Å². The van der Waals surface area contributed by atoms with Crippen molar-refractivity contribution in [1.82, 2.24) is 19.4 Å². The van der Waals surface area contributed by atoms with Crippen LogP contribution in [0.3, 0.4) is 0 Å². The topological polar surface area (TPSA) is 63.0 Å². The van der Waals surface area contributed by atoms with E-state index in [0.717, 1.165) is 28.0 Å². The molecule has 124 valence electrons. The van der Waals surface area contributed by atoms with Crippen LogP contribution in [0.4, 0.5) is 0 Å². The summed E-state index contributed by atoms with van der Waals surface area (Å²) in [4.78, 5) is 24.4. The van der Waals surface area contributed by atoms with Crippen LogP contribution in [0.5, 0.6) is 0 Å². The highest BCUT2D eigenvalue weighted by Gasteiger charge is 2.13. The van der Waals surface area contributed by atoms with E-state index in [0.29, 0.717) is 11.0 Å². The van der Waals surface area contributed by atoms with Crippen LogP contribution in [0.15, 0.2) is 84.2 Å². The Hall–Kier alpha value is -3.73. The predicted molar refractivity (Wildman–Crippen MR) is 102 cm³/mol. The summed E-state index contributed by atoms with van der Waals surface area (Å²) in [7, 11) is 0. The Balaban J connectivity index is 1.86. The monoisotopic (exact) mass is 338 g/mol. The number of hydrogen-bond acceptors (Lipinski definition) is 3. The van der Waals surface area contributed by atoms with E-state index < -0.39 is 0 Å². The van der Waals surface area contributed by atoms with Gasteiger partial charge in [-0.1, -0.05) is 30.3 Å². The minimum absolute atomic E-state index is 0.0455. The summed E-state index contributed by atoms with van der Waals surface area (Å²) in [5.74, 6) is 0. The molecule has 0 unspecified atom stereocenters. The Kier molecular flexibility index (Phi) is 3.18. The number of aromatic amines is 1. The maximum atomic E-state index is 12.3. The zero-order valence-electron chi connectivity index (χ0n) is 13.8. The van der Waals surface area contributed by atoms with Gasteiger partial charge in [0.25, 0.3) is 0 Å². The van der Waals surface area contributed by atoms with Gasteiger partial charge in [-0.3, -0.25) is 4.79 Å². The largest absolute Gasteiger partial charge is 0.346 e. The van der Waals surface area contributed by atoms with Gasteiger partial charge in [0, 0.05) is 47.5 Å². The SMILES string of the molecule is O=c1cc[nH]c2nc(-c3ccccc3)c(-c3ccc4nccn4c3)cc12. The summed E-state index contributed by atoms with van der Waals surface area (Å²) in [5.41, 5.74) is 5.14. The normalized spacial score (nSPS) is 11.2. The molecule has 0 radical (unpaired) electrons. The maximum absolute atomic E-state index is 12.3. The fourth-order valence-electron chi connectivity index (χ4n) is 3.21. The van der Waals surface area contributed by atoms with E-state index in [4.69, 9.17) is 4.98 Å². The molecule has 4 heterocycles. The lowest BCUT2D eigenvalue weighted by atomic mass is 9.99. The number of nitrogens with one attached hydrogen (secondary N) is 1. The molecule has 0 amide bonds. The van der Waals surface area contributed by atoms with E-state index in [1.54, 1.807) is 12.4 Å². The van der Waals surface area contributed by atoms with Crippen LogP contribution in [0.1, 0.15) is 0 Å². The quantitative estimate of drug-likeness (QED) is 0.531. The number of pyridine rings is 3. The van der Waals surface area contributed by atoms with Gasteiger partial charge in [0.2, 0.25) is 0 Å². The number of fused-ring (bicyclic) bond motifs is 2. The first kappa shape index (κ1) is 14.6. The molecule has 0 aliphatic carbocycles. The average molecular weight is 338 g/mol. The highest BCUT2D eigenvalue weighted by Crippen LogP contribution is 2.32. The molecular formula is C21H14N4O. The lowest BCUT2D eigenvalue weighted by molar-refractivity contribution is 1.19. The van der Waals surface area contributed by atoms with Crippen molar-refractivity contribution in [3.63, 3.8) is 0 Å². The second-order valence-corrected chi connectivity index (χ2v) is 6.10. The van der Waals surface area contributed by atoms with Gasteiger partial charge in [0.15, 0.2) is 5.43 Å². The zero-order valence-corrected chi connectivity index (χ0v) is 13.8. The van der Waals surface area contributed by atoms with Gasteiger partial charge < -0.3 is 9.38 Å². The molecule has 0 saturated heterocycles. The van der Waals surface area contributed by atoms with Gasteiger partial charge in [-0.2, -0.15) is 0 Å². The fourth-order valence-corrected chi connectivity index (χ4v) is 3.21. The standard InChI is InChI=1S/C21H14N4O/c26-18-8-9-23-21-17(18)12-16(20(24-21)14-4-2-1-3-5-14)15-6-7-19-22-10-11-25(19)13-15/h1-13H,(H,23,24,26). The van der Waals surface area contributed by atoms with E-state index in [9.17, 15) is 4.79 Å². The molecule has 0 fully saturated rings. The van der Waals surface area contributed by atoms with Gasteiger partial charge in [-0.05, 0) is 18.2 Å². The first-order valence-corrected chi connectivity index (χ1v) is 8.30. The van der Waals surface area contributed by atoms with E-state index in [-0.39, 0.29) is 5.43 Å². The van der Waals surface area contributed by atoms with Crippen LogP contribution in [-0.4, -0.2) is 19.4 Å². The van der Waals surface area contributed by atoms with Gasteiger partial charge in [0.05, 0.1) is 11.1 Å². The Labute approximate surface area is 148 Å². The molecule has 1 aromatic carbocycles. The lowest BCUT2D eigenvalue weighted by Crippen LogP contribution is -2.03. The third kappa shape index (κ3) is 2.29. The molecule has 1 N–H and O–H groups in total. The minimum atomic E-state index is -0.0455. The number of nitrogens with zero attached hydrogens (tertiary/aromatic N) is 3. The Bertz CT molecular complexity index is 1300. The van der Waals surface area contributed by atoms with Crippen molar-refractivity contribution in [2.45, 2.75) is 0 Å². The van der Waals surface area contributed by atoms with E-state index in [2.05, 4.69) is 9.97 Å². The summed E-state index contributed by atoms with van der Waals surface area (Å²) < 4.78 is 1.96. The summed E-state index contributed by atoms with van der Waals surface area (Å²) >= 11 is 0. The third-order valence-electron chi connectivity index (χ3n) is 4.49. The molecule has 0 aliphatic rings. The van der Waals surface area contributed by atoms with E-state index in [1.807, 2.05) is 65.3 Å². The number of benzene rings is 1.